The van der Waals surface area contributed by atoms with Crippen molar-refractivity contribution in [1.29, 1.82) is 0 Å². The van der Waals surface area contributed by atoms with Crippen molar-refractivity contribution in [2.45, 2.75) is 50.8 Å². The summed E-state index contributed by atoms with van der Waals surface area (Å²) in [5, 5.41) is 10.5. The number of benzene rings is 2. The van der Waals surface area contributed by atoms with Crippen molar-refractivity contribution >= 4 is 12.0 Å². The quantitative estimate of drug-likeness (QED) is 0.605. The van der Waals surface area contributed by atoms with Crippen LogP contribution >= 0.6 is 0 Å². The lowest BCUT2D eigenvalue weighted by molar-refractivity contribution is -0.139. The van der Waals surface area contributed by atoms with Crippen molar-refractivity contribution in [2.24, 2.45) is 0 Å². The number of aliphatic hydroxyl groups is 1. The van der Waals surface area contributed by atoms with Gasteiger partial charge in [-0.2, -0.15) is 0 Å². The maximum atomic E-state index is 13.6. The fourth-order valence-electron chi connectivity index (χ4n) is 5.17. The zero-order chi connectivity index (χ0) is 22.9. The van der Waals surface area contributed by atoms with Crippen molar-refractivity contribution in [2.75, 3.05) is 7.11 Å². The average Bonchev–Trinajstić information content (AvgIpc) is 3.26. The predicted octanol–water partition coefficient (Wildman–Crippen LogP) is 4.46. The molecule has 0 bridgehead atoms. The highest BCUT2D eigenvalue weighted by Gasteiger charge is 2.42. The van der Waals surface area contributed by atoms with Crippen LogP contribution in [-0.4, -0.2) is 44.7 Å². The lowest BCUT2D eigenvalue weighted by Crippen LogP contribution is -2.52. The summed E-state index contributed by atoms with van der Waals surface area (Å²) in [5.74, 6) is 0.798. The molecule has 2 saturated heterocycles. The van der Waals surface area contributed by atoms with E-state index in [0.29, 0.717) is 19.3 Å². The Bertz CT molecular complexity index is 1180. The first kappa shape index (κ1) is 21.5. The third kappa shape index (κ3) is 4.18. The summed E-state index contributed by atoms with van der Waals surface area (Å²) < 4.78 is 7.57. The average molecular weight is 444 g/mol. The van der Waals surface area contributed by atoms with Crippen LogP contribution in [0.2, 0.25) is 0 Å². The van der Waals surface area contributed by atoms with E-state index in [4.69, 9.17) is 4.74 Å². The van der Waals surface area contributed by atoms with E-state index in [1.54, 1.807) is 13.4 Å². The van der Waals surface area contributed by atoms with E-state index < -0.39 is 0 Å². The van der Waals surface area contributed by atoms with Crippen LogP contribution in [0, 0.1) is 6.92 Å². The normalized spacial score (nSPS) is 24.1. The topological polar surface area (TPSA) is 67.6 Å². The number of aliphatic hydroxyl groups excluding tert-OH is 1. The fourth-order valence-corrected chi connectivity index (χ4v) is 5.17. The Morgan fingerprint density at radius 2 is 1.97 bits per heavy atom. The van der Waals surface area contributed by atoms with Gasteiger partial charge in [0.05, 0.1) is 37.0 Å². The number of carbonyl (C=O) groups excluding carboxylic acids is 1. The minimum Gasteiger partial charge on any atom is -0.495 e. The van der Waals surface area contributed by atoms with Crippen LogP contribution in [0.4, 0.5) is 0 Å². The molecule has 3 atom stereocenters. The molecule has 0 aliphatic carbocycles. The number of fused-ring (bicyclic) bond motifs is 1. The zero-order valence-electron chi connectivity index (χ0n) is 19.0. The summed E-state index contributed by atoms with van der Waals surface area (Å²) >= 11 is 0. The molecule has 2 aromatic carbocycles. The number of ether oxygens (including phenoxy) is 1. The summed E-state index contributed by atoms with van der Waals surface area (Å²) in [5.41, 5.74) is 4.66. The molecular weight excluding hydrogens is 414 g/mol. The molecule has 5 rings (SSSR count). The van der Waals surface area contributed by atoms with E-state index in [9.17, 15) is 9.90 Å². The molecule has 3 heterocycles. The van der Waals surface area contributed by atoms with Gasteiger partial charge in [0.25, 0.3) is 5.91 Å². The largest absolute Gasteiger partial charge is 0.495 e. The monoisotopic (exact) mass is 443 g/mol. The van der Waals surface area contributed by atoms with Crippen LogP contribution in [0.3, 0.4) is 0 Å². The van der Waals surface area contributed by atoms with Gasteiger partial charge >= 0.3 is 0 Å². The number of carbonyl (C=O) groups is 1. The molecule has 1 N–H and O–H groups in total. The number of imidazole rings is 1. The number of aryl methyl sites for hydroxylation is 1. The Morgan fingerprint density at radius 1 is 1.15 bits per heavy atom. The van der Waals surface area contributed by atoms with Gasteiger partial charge < -0.3 is 19.3 Å². The van der Waals surface area contributed by atoms with E-state index in [1.165, 1.54) is 0 Å². The summed E-state index contributed by atoms with van der Waals surface area (Å²) in [4.78, 5) is 19.9. The van der Waals surface area contributed by atoms with E-state index in [1.807, 2.05) is 77.2 Å². The molecule has 1 amide bonds. The van der Waals surface area contributed by atoms with Crippen molar-refractivity contribution < 1.29 is 14.6 Å². The van der Waals surface area contributed by atoms with Gasteiger partial charge in [-0.1, -0.05) is 36.4 Å². The Balaban J connectivity index is 1.45. The van der Waals surface area contributed by atoms with Gasteiger partial charge in [-0.05, 0) is 61.9 Å². The van der Waals surface area contributed by atoms with Crippen molar-refractivity contribution in [1.82, 2.24) is 14.5 Å². The fraction of sp³-hybridized carbons (Fsp3) is 0.333. The Morgan fingerprint density at radius 3 is 2.70 bits per heavy atom. The molecule has 0 radical (unpaired) electrons. The Kier molecular flexibility index (Phi) is 5.77. The number of methoxy groups -OCH3 is 1. The predicted molar refractivity (Wildman–Crippen MR) is 127 cm³/mol. The van der Waals surface area contributed by atoms with Crippen LogP contribution in [-0.2, 0) is 4.79 Å². The Labute approximate surface area is 194 Å². The molecular formula is C27H29N3O3. The summed E-state index contributed by atoms with van der Waals surface area (Å²) in [6.45, 7) is 1.95. The van der Waals surface area contributed by atoms with Crippen molar-refractivity contribution in [3.8, 4) is 11.4 Å². The summed E-state index contributed by atoms with van der Waals surface area (Å²) in [7, 11) is 1.65. The van der Waals surface area contributed by atoms with Gasteiger partial charge in [0.1, 0.15) is 5.75 Å². The number of hydrogen-bond acceptors (Lipinski definition) is 4. The molecule has 170 valence electrons. The lowest BCUT2D eigenvalue weighted by atomic mass is 9.82. The third-order valence-corrected chi connectivity index (χ3v) is 6.74. The van der Waals surface area contributed by atoms with Gasteiger partial charge in [0, 0.05) is 17.8 Å². The number of amides is 1. The highest BCUT2D eigenvalue weighted by Crippen LogP contribution is 2.41. The maximum absolute atomic E-state index is 13.6. The summed E-state index contributed by atoms with van der Waals surface area (Å²) in [6.07, 6.45) is 8.12. The molecule has 2 aliphatic rings. The van der Waals surface area contributed by atoms with Crippen LogP contribution in [0.25, 0.3) is 11.8 Å². The number of hydrogen-bond donors (Lipinski definition) is 1. The maximum Gasteiger partial charge on any atom is 0.250 e. The highest BCUT2D eigenvalue weighted by molar-refractivity contribution is 5.99. The molecule has 6 heteroatoms. The van der Waals surface area contributed by atoms with Crippen LogP contribution in [0.5, 0.6) is 5.75 Å². The Hall–Kier alpha value is -3.38. The molecule has 0 spiro atoms. The smallest absolute Gasteiger partial charge is 0.250 e. The molecule has 33 heavy (non-hydrogen) atoms. The number of nitrogens with zero attached hydrogens (tertiary/aromatic N) is 3. The van der Waals surface area contributed by atoms with Crippen molar-refractivity contribution in [3.63, 3.8) is 0 Å². The van der Waals surface area contributed by atoms with E-state index >= 15 is 0 Å². The SMILES string of the molecule is COc1cc(/C=C2\CCC3CC(O)CC(c4ccccc4)N3C2=O)ccc1-n1cnc(C)c1. The number of rotatable bonds is 4. The second-order valence-corrected chi connectivity index (χ2v) is 8.98. The van der Waals surface area contributed by atoms with Gasteiger partial charge in [-0.3, -0.25) is 4.79 Å². The highest BCUT2D eigenvalue weighted by atomic mass is 16.5. The minimum absolute atomic E-state index is 0.0697. The van der Waals surface area contributed by atoms with E-state index in [-0.39, 0.29) is 24.1 Å². The molecule has 1 aromatic heterocycles. The first-order chi connectivity index (χ1) is 16.0. The van der Waals surface area contributed by atoms with Gasteiger partial charge in [0.2, 0.25) is 0 Å². The molecule has 3 unspecified atom stereocenters. The minimum atomic E-state index is -0.376. The standard InChI is InChI=1S/C27H29N3O3/c1-18-16-29(17-28-18)24-11-8-19(13-26(24)33-2)12-21-9-10-22-14-23(31)15-25(30(22)27(21)32)20-6-4-3-5-7-20/h3-8,11-13,16-17,22-23,25,31H,9-10,14-15H2,1-2H3/b21-12+. The first-order valence-electron chi connectivity index (χ1n) is 11.5. The van der Waals surface area contributed by atoms with E-state index in [0.717, 1.165) is 40.3 Å². The second-order valence-electron chi connectivity index (χ2n) is 8.98. The van der Waals surface area contributed by atoms with Gasteiger partial charge in [-0.25, -0.2) is 4.98 Å². The third-order valence-electron chi connectivity index (χ3n) is 6.74. The summed E-state index contributed by atoms with van der Waals surface area (Å²) in [6, 6.07) is 16.0. The molecule has 2 aliphatic heterocycles. The second kappa shape index (κ2) is 8.87. The van der Waals surface area contributed by atoms with E-state index in [2.05, 4.69) is 4.98 Å². The molecule has 6 nitrogen and oxygen atoms in total. The molecule has 2 fully saturated rings. The number of aromatic nitrogens is 2. The van der Waals surface area contributed by atoms with Crippen LogP contribution in [0.1, 0.15) is 48.5 Å². The van der Waals surface area contributed by atoms with Crippen molar-refractivity contribution in [3.05, 3.63) is 83.4 Å². The molecule has 3 aromatic rings. The number of piperidine rings is 2. The first-order valence-corrected chi connectivity index (χ1v) is 11.5. The van der Waals surface area contributed by atoms with Gasteiger partial charge in [0.15, 0.2) is 0 Å². The van der Waals surface area contributed by atoms with Gasteiger partial charge in [-0.15, -0.1) is 0 Å². The molecule has 0 saturated carbocycles. The van der Waals surface area contributed by atoms with Crippen LogP contribution < -0.4 is 4.74 Å². The zero-order valence-corrected chi connectivity index (χ0v) is 19.0. The lowest BCUT2D eigenvalue weighted by Gasteiger charge is -2.47. The van der Waals surface area contributed by atoms with Crippen LogP contribution in [0.15, 0.2) is 66.6 Å².